The molecule has 18 heavy (non-hydrogen) atoms. The van der Waals surface area contributed by atoms with Gasteiger partial charge in [-0.1, -0.05) is 12.1 Å². The minimum absolute atomic E-state index is 0.201. The van der Waals surface area contributed by atoms with Crippen molar-refractivity contribution in [3.05, 3.63) is 29.8 Å². The molecule has 2 rings (SSSR count). The number of ether oxygens (including phenoxy) is 1. The highest BCUT2D eigenvalue weighted by molar-refractivity contribution is 5.30. The molecule has 1 aromatic carbocycles. The lowest BCUT2D eigenvalue weighted by Crippen LogP contribution is -2.33. The first kappa shape index (κ1) is 13.3. The second-order valence-corrected chi connectivity index (χ2v) is 4.83. The van der Waals surface area contributed by atoms with Crippen molar-refractivity contribution in [2.75, 3.05) is 20.3 Å². The SMILES string of the molecule is COc1ccc(C(NCC(O)CO)C2CC2)cc1. The minimum Gasteiger partial charge on any atom is -0.497 e. The molecular formula is C14H21NO3. The molecule has 2 atom stereocenters. The zero-order valence-corrected chi connectivity index (χ0v) is 10.7. The summed E-state index contributed by atoms with van der Waals surface area (Å²) < 4.78 is 5.15. The summed E-state index contributed by atoms with van der Waals surface area (Å²) in [6, 6.07) is 8.28. The lowest BCUT2D eigenvalue weighted by atomic mass is 10.0. The molecule has 0 radical (unpaired) electrons. The maximum Gasteiger partial charge on any atom is 0.118 e. The van der Waals surface area contributed by atoms with Crippen LogP contribution in [0.3, 0.4) is 0 Å². The van der Waals surface area contributed by atoms with Gasteiger partial charge in [0.1, 0.15) is 5.75 Å². The van der Waals surface area contributed by atoms with Gasteiger partial charge in [0.15, 0.2) is 0 Å². The van der Waals surface area contributed by atoms with Crippen molar-refractivity contribution in [3.63, 3.8) is 0 Å². The third-order valence-corrected chi connectivity index (χ3v) is 3.35. The minimum atomic E-state index is -0.690. The van der Waals surface area contributed by atoms with Crippen LogP contribution in [0.15, 0.2) is 24.3 Å². The van der Waals surface area contributed by atoms with Crippen LogP contribution in [0.4, 0.5) is 0 Å². The van der Waals surface area contributed by atoms with Crippen LogP contribution in [-0.4, -0.2) is 36.6 Å². The second-order valence-electron chi connectivity index (χ2n) is 4.83. The van der Waals surface area contributed by atoms with Crippen molar-refractivity contribution >= 4 is 0 Å². The third-order valence-electron chi connectivity index (χ3n) is 3.35. The van der Waals surface area contributed by atoms with Gasteiger partial charge in [0.05, 0.1) is 19.8 Å². The van der Waals surface area contributed by atoms with Crippen LogP contribution < -0.4 is 10.1 Å². The standard InChI is InChI=1S/C14H21NO3/c1-18-13-6-4-11(5-7-13)14(10-2-3-10)15-8-12(17)9-16/h4-7,10,12,14-17H,2-3,8-9H2,1H3. The van der Waals surface area contributed by atoms with Gasteiger partial charge in [-0.25, -0.2) is 0 Å². The van der Waals surface area contributed by atoms with E-state index in [-0.39, 0.29) is 12.6 Å². The van der Waals surface area contributed by atoms with Gasteiger partial charge < -0.3 is 20.3 Å². The zero-order chi connectivity index (χ0) is 13.0. The number of benzene rings is 1. The number of hydrogen-bond acceptors (Lipinski definition) is 4. The lowest BCUT2D eigenvalue weighted by Gasteiger charge is -2.20. The number of aliphatic hydroxyl groups is 2. The van der Waals surface area contributed by atoms with E-state index in [0.717, 1.165) is 5.75 Å². The maximum atomic E-state index is 9.41. The molecule has 0 aromatic heterocycles. The molecule has 1 aliphatic carbocycles. The molecule has 1 aliphatic rings. The number of rotatable bonds is 7. The van der Waals surface area contributed by atoms with Crippen molar-refractivity contribution in [1.29, 1.82) is 0 Å². The van der Waals surface area contributed by atoms with E-state index in [1.807, 2.05) is 12.1 Å². The Balaban J connectivity index is 1.99. The Hall–Kier alpha value is -1.10. The van der Waals surface area contributed by atoms with E-state index < -0.39 is 6.10 Å². The van der Waals surface area contributed by atoms with E-state index in [9.17, 15) is 5.11 Å². The fourth-order valence-electron chi connectivity index (χ4n) is 2.13. The Morgan fingerprint density at radius 1 is 1.33 bits per heavy atom. The van der Waals surface area contributed by atoms with Crippen LogP contribution in [0.25, 0.3) is 0 Å². The molecule has 0 bridgehead atoms. The first-order chi connectivity index (χ1) is 8.74. The average Bonchev–Trinajstić information content (AvgIpc) is 3.24. The van der Waals surface area contributed by atoms with Crippen LogP contribution >= 0.6 is 0 Å². The second kappa shape index (κ2) is 6.18. The Morgan fingerprint density at radius 3 is 2.50 bits per heavy atom. The maximum absolute atomic E-state index is 9.41. The zero-order valence-electron chi connectivity index (χ0n) is 10.7. The predicted molar refractivity (Wildman–Crippen MR) is 69.6 cm³/mol. The normalized spacial score (nSPS) is 18.4. The summed E-state index contributed by atoms with van der Waals surface area (Å²) in [5.41, 5.74) is 1.21. The number of methoxy groups -OCH3 is 1. The Morgan fingerprint density at radius 2 is 2.00 bits per heavy atom. The first-order valence-electron chi connectivity index (χ1n) is 6.41. The molecular weight excluding hydrogens is 230 g/mol. The number of aliphatic hydroxyl groups excluding tert-OH is 2. The largest absolute Gasteiger partial charge is 0.497 e. The molecule has 0 aliphatic heterocycles. The van der Waals surface area contributed by atoms with Gasteiger partial charge in [-0.3, -0.25) is 0 Å². The van der Waals surface area contributed by atoms with E-state index in [1.54, 1.807) is 7.11 Å². The van der Waals surface area contributed by atoms with Gasteiger partial charge in [-0.05, 0) is 36.5 Å². The summed E-state index contributed by atoms with van der Waals surface area (Å²) in [7, 11) is 1.66. The van der Waals surface area contributed by atoms with E-state index >= 15 is 0 Å². The van der Waals surface area contributed by atoms with E-state index in [1.165, 1.54) is 18.4 Å². The van der Waals surface area contributed by atoms with E-state index in [2.05, 4.69) is 17.4 Å². The molecule has 4 nitrogen and oxygen atoms in total. The molecule has 100 valence electrons. The summed E-state index contributed by atoms with van der Waals surface area (Å²) in [5.74, 6) is 1.49. The molecule has 2 unspecified atom stereocenters. The topological polar surface area (TPSA) is 61.7 Å². The van der Waals surface area contributed by atoms with Crippen molar-refractivity contribution in [2.24, 2.45) is 5.92 Å². The van der Waals surface area contributed by atoms with Crippen molar-refractivity contribution < 1.29 is 14.9 Å². The molecule has 0 saturated heterocycles. The summed E-state index contributed by atoms with van der Waals surface area (Å²) in [5, 5.41) is 21.6. The van der Waals surface area contributed by atoms with E-state index in [4.69, 9.17) is 9.84 Å². The van der Waals surface area contributed by atoms with Gasteiger partial charge in [0.2, 0.25) is 0 Å². The smallest absolute Gasteiger partial charge is 0.118 e. The molecule has 1 saturated carbocycles. The van der Waals surface area contributed by atoms with Crippen molar-refractivity contribution in [3.8, 4) is 5.75 Å². The van der Waals surface area contributed by atoms with Crippen molar-refractivity contribution in [2.45, 2.75) is 25.0 Å². The highest BCUT2D eigenvalue weighted by Gasteiger charge is 2.32. The Labute approximate surface area is 108 Å². The van der Waals surface area contributed by atoms with Gasteiger partial charge >= 0.3 is 0 Å². The third kappa shape index (κ3) is 3.45. The predicted octanol–water partition coefficient (Wildman–Crippen LogP) is 1.09. The van der Waals surface area contributed by atoms with Gasteiger partial charge in [-0.2, -0.15) is 0 Å². The molecule has 4 heteroatoms. The lowest BCUT2D eigenvalue weighted by molar-refractivity contribution is 0.0911. The molecule has 0 amide bonds. The van der Waals surface area contributed by atoms with E-state index in [0.29, 0.717) is 12.5 Å². The van der Waals surface area contributed by atoms with Crippen LogP contribution in [0.1, 0.15) is 24.4 Å². The molecule has 1 fully saturated rings. The molecule has 3 N–H and O–H groups in total. The summed E-state index contributed by atoms with van der Waals surface area (Å²) in [6.07, 6.45) is 1.75. The van der Waals surface area contributed by atoms with Crippen LogP contribution in [0.2, 0.25) is 0 Å². The summed E-state index contributed by atoms with van der Waals surface area (Å²) in [4.78, 5) is 0. The first-order valence-corrected chi connectivity index (χ1v) is 6.41. The van der Waals surface area contributed by atoms with Gasteiger partial charge in [-0.15, -0.1) is 0 Å². The van der Waals surface area contributed by atoms with Gasteiger partial charge in [0, 0.05) is 12.6 Å². The van der Waals surface area contributed by atoms with Crippen LogP contribution in [-0.2, 0) is 0 Å². The van der Waals surface area contributed by atoms with Crippen molar-refractivity contribution in [1.82, 2.24) is 5.32 Å². The molecule has 0 heterocycles. The monoisotopic (exact) mass is 251 g/mol. The number of nitrogens with one attached hydrogen (secondary N) is 1. The highest BCUT2D eigenvalue weighted by Crippen LogP contribution is 2.41. The number of hydrogen-bond donors (Lipinski definition) is 3. The highest BCUT2D eigenvalue weighted by atomic mass is 16.5. The van der Waals surface area contributed by atoms with Crippen LogP contribution in [0.5, 0.6) is 5.75 Å². The summed E-state index contributed by atoms with van der Waals surface area (Å²) >= 11 is 0. The van der Waals surface area contributed by atoms with Crippen LogP contribution in [0, 0.1) is 5.92 Å². The summed E-state index contributed by atoms with van der Waals surface area (Å²) in [6.45, 7) is 0.219. The molecule has 1 aromatic rings. The Bertz CT molecular complexity index is 362. The van der Waals surface area contributed by atoms with Gasteiger partial charge in [0.25, 0.3) is 0 Å². The fraction of sp³-hybridized carbons (Fsp3) is 0.571. The fourth-order valence-corrected chi connectivity index (χ4v) is 2.13. The Kier molecular flexibility index (Phi) is 4.58. The quantitative estimate of drug-likeness (QED) is 0.679. The molecule has 0 spiro atoms. The average molecular weight is 251 g/mol.